The van der Waals surface area contributed by atoms with Crippen LogP contribution in [0.2, 0.25) is 0 Å². The molecule has 20 heavy (non-hydrogen) atoms. The van der Waals surface area contributed by atoms with E-state index in [1.807, 2.05) is 18.7 Å². The van der Waals surface area contributed by atoms with Crippen molar-refractivity contribution in [2.45, 2.75) is 59.5 Å². The molecule has 0 aromatic rings. The van der Waals surface area contributed by atoms with Gasteiger partial charge in [0.1, 0.15) is 0 Å². The van der Waals surface area contributed by atoms with E-state index in [-0.39, 0.29) is 11.9 Å². The van der Waals surface area contributed by atoms with Crippen molar-refractivity contribution in [2.75, 3.05) is 26.2 Å². The molecule has 118 valence electrons. The molecule has 0 saturated carbocycles. The average Bonchev–Trinajstić information content (AvgIpc) is 2.41. The van der Waals surface area contributed by atoms with Gasteiger partial charge in [-0.3, -0.25) is 9.69 Å². The summed E-state index contributed by atoms with van der Waals surface area (Å²) in [5.41, 5.74) is 5.98. The van der Waals surface area contributed by atoms with Crippen LogP contribution in [0.15, 0.2) is 0 Å². The van der Waals surface area contributed by atoms with Gasteiger partial charge in [-0.05, 0) is 39.0 Å². The molecule has 1 aliphatic heterocycles. The van der Waals surface area contributed by atoms with Crippen LogP contribution in [0.4, 0.5) is 0 Å². The Labute approximate surface area is 124 Å². The summed E-state index contributed by atoms with van der Waals surface area (Å²) in [6.45, 7) is 14.2. The fraction of sp³-hybridized carbons (Fsp3) is 0.938. The van der Waals surface area contributed by atoms with Crippen LogP contribution < -0.4 is 5.73 Å². The van der Waals surface area contributed by atoms with Gasteiger partial charge in [-0.2, -0.15) is 0 Å². The molecule has 0 radical (unpaired) electrons. The largest absolute Gasteiger partial charge is 0.343 e. The first-order valence-corrected chi connectivity index (χ1v) is 8.18. The Morgan fingerprint density at radius 2 is 1.90 bits per heavy atom. The van der Waals surface area contributed by atoms with Crippen LogP contribution in [0.5, 0.6) is 0 Å². The Balaban J connectivity index is 2.71. The van der Waals surface area contributed by atoms with Crippen LogP contribution in [0, 0.1) is 11.8 Å². The van der Waals surface area contributed by atoms with Crippen molar-refractivity contribution in [3.05, 3.63) is 0 Å². The number of nitrogens with zero attached hydrogens (tertiary/aromatic N) is 2. The van der Waals surface area contributed by atoms with Gasteiger partial charge in [0.05, 0.1) is 0 Å². The van der Waals surface area contributed by atoms with Gasteiger partial charge in [0.25, 0.3) is 0 Å². The number of amides is 1. The number of carbonyl (C=O) groups is 1. The molecule has 1 aliphatic rings. The van der Waals surface area contributed by atoms with Crippen molar-refractivity contribution in [3.8, 4) is 0 Å². The number of nitrogens with two attached hydrogens (primary N) is 1. The van der Waals surface area contributed by atoms with Crippen LogP contribution in [-0.2, 0) is 4.79 Å². The smallest absolute Gasteiger partial charge is 0.224 e. The maximum atomic E-state index is 12.3. The molecule has 1 fully saturated rings. The highest BCUT2D eigenvalue weighted by atomic mass is 16.2. The van der Waals surface area contributed by atoms with E-state index in [2.05, 4.69) is 25.7 Å². The Bertz CT molecular complexity index is 304. The van der Waals surface area contributed by atoms with Crippen LogP contribution in [0.3, 0.4) is 0 Å². The molecule has 4 unspecified atom stereocenters. The lowest BCUT2D eigenvalue weighted by atomic mass is 9.84. The SMILES string of the molecule is CCN(CC)C(=O)CC(CN)N1CC(C)CC(C)C1C. The Kier molecular flexibility index (Phi) is 6.96. The second kappa shape index (κ2) is 7.99. The topological polar surface area (TPSA) is 49.6 Å². The molecule has 4 nitrogen and oxygen atoms in total. The zero-order valence-electron chi connectivity index (χ0n) is 13.9. The quantitative estimate of drug-likeness (QED) is 0.810. The third-order valence-corrected chi connectivity index (χ3v) is 4.91. The first-order valence-electron chi connectivity index (χ1n) is 8.18. The Morgan fingerprint density at radius 1 is 1.30 bits per heavy atom. The summed E-state index contributed by atoms with van der Waals surface area (Å²) >= 11 is 0. The molecule has 4 heteroatoms. The van der Waals surface area contributed by atoms with Crippen molar-refractivity contribution in [3.63, 3.8) is 0 Å². The predicted molar refractivity (Wildman–Crippen MR) is 84.5 cm³/mol. The summed E-state index contributed by atoms with van der Waals surface area (Å²) in [4.78, 5) is 16.7. The van der Waals surface area contributed by atoms with E-state index in [0.717, 1.165) is 19.6 Å². The summed E-state index contributed by atoms with van der Waals surface area (Å²) in [6, 6.07) is 0.701. The second-order valence-electron chi connectivity index (χ2n) is 6.42. The molecule has 0 spiro atoms. The van der Waals surface area contributed by atoms with Gasteiger partial charge in [0.15, 0.2) is 0 Å². The van der Waals surface area contributed by atoms with Gasteiger partial charge in [-0.1, -0.05) is 13.8 Å². The molecule has 1 heterocycles. The first kappa shape index (κ1) is 17.4. The van der Waals surface area contributed by atoms with E-state index >= 15 is 0 Å². The molecule has 2 N–H and O–H groups in total. The molecule has 1 saturated heterocycles. The zero-order valence-corrected chi connectivity index (χ0v) is 13.9. The number of likely N-dealkylation sites (tertiary alicyclic amines) is 1. The summed E-state index contributed by atoms with van der Waals surface area (Å²) in [6.07, 6.45) is 1.83. The van der Waals surface area contributed by atoms with Gasteiger partial charge in [-0.15, -0.1) is 0 Å². The molecule has 1 amide bonds. The Morgan fingerprint density at radius 3 is 2.40 bits per heavy atom. The molecule has 0 aliphatic carbocycles. The van der Waals surface area contributed by atoms with Crippen molar-refractivity contribution in [1.29, 1.82) is 0 Å². The second-order valence-corrected chi connectivity index (χ2v) is 6.42. The highest BCUT2D eigenvalue weighted by molar-refractivity contribution is 5.76. The molecular formula is C16H33N3O. The maximum absolute atomic E-state index is 12.3. The van der Waals surface area contributed by atoms with E-state index in [9.17, 15) is 4.79 Å². The highest BCUT2D eigenvalue weighted by Crippen LogP contribution is 2.29. The van der Waals surface area contributed by atoms with Crippen LogP contribution in [0.1, 0.15) is 47.5 Å². The Hall–Kier alpha value is -0.610. The minimum Gasteiger partial charge on any atom is -0.343 e. The maximum Gasteiger partial charge on any atom is 0.224 e. The van der Waals surface area contributed by atoms with Crippen molar-refractivity contribution in [2.24, 2.45) is 17.6 Å². The minimum atomic E-state index is 0.184. The van der Waals surface area contributed by atoms with E-state index in [1.165, 1.54) is 6.42 Å². The number of carbonyl (C=O) groups excluding carboxylic acids is 1. The number of hydrogen-bond donors (Lipinski definition) is 1. The molecule has 0 aromatic heterocycles. The van der Waals surface area contributed by atoms with Crippen molar-refractivity contribution in [1.82, 2.24) is 9.80 Å². The highest BCUT2D eigenvalue weighted by Gasteiger charge is 2.34. The lowest BCUT2D eigenvalue weighted by Gasteiger charge is -2.45. The zero-order chi connectivity index (χ0) is 15.3. The third-order valence-electron chi connectivity index (χ3n) is 4.91. The van der Waals surface area contributed by atoms with Gasteiger partial charge >= 0.3 is 0 Å². The summed E-state index contributed by atoms with van der Waals surface area (Å²) in [5, 5.41) is 0. The van der Waals surface area contributed by atoms with Gasteiger partial charge in [0, 0.05) is 44.7 Å². The molecule has 0 bridgehead atoms. The average molecular weight is 283 g/mol. The van der Waals surface area contributed by atoms with E-state index in [4.69, 9.17) is 5.73 Å². The third kappa shape index (κ3) is 4.19. The number of piperidine rings is 1. The fourth-order valence-electron chi connectivity index (χ4n) is 3.48. The van der Waals surface area contributed by atoms with Crippen molar-refractivity contribution < 1.29 is 4.79 Å². The fourth-order valence-corrected chi connectivity index (χ4v) is 3.48. The van der Waals surface area contributed by atoms with E-state index in [1.54, 1.807) is 0 Å². The van der Waals surface area contributed by atoms with Gasteiger partial charge < -0.3 is 10.6 Å². The standard InChI is InChI=1S/C16H33N3O/c1-6-18(7-2)16(20)9-15(10-17)19-11-12(3)8-13(4)14(19)5/h12-15H,6-11,17H2,1-5H3. The van der Waals surface area contributed by atoms with Gasteiger partial charge in [-0.25, -0.2) is 0 Å². The number of hydrogen-bond acceptors (Lipinski definition) is 3. The van der Waals surface area contributed by atoms with Crippen LogP contribution >= 0.6 is 0 Å². The lowest BCUT2D eigenvalue weighted by Crippen LogP contribution is -2.54. The van der Waals surface area contributed by atoms with E-state index in [0.29, 0.717) is 30.8 Å². The molecule has 4 atom stereocenters. The van der Waals surface area contributed by atoms with Gasteiger partial charge in [0.2, 0.25) is 5.91 Å². The number of rotatable bonds is 6. The van der Waals surface area contributed by atoms with Crippen LogP contribution in [0.25, 0.3) is 0 Å². The monoisotopic (exact) mass is 283 g/mol. The van der Waals surface area contributed by atoms with Crippen molar-refractivity contribution >= 4 is 5.91 Å². The predicted octanol–water partition coefficient (Wildman–Crippen LogP) is 1.94. The first-order chi connectivity index (χ1) is 9.44. The lowest BCUT2D eigenvalue weighted by molar-refractivity contribution is -0.132. The summed E-state index contributed by atoms with van der Waals surface area (Å²) in [5.74, 6) is 1.61. The molecular weight excluding hydrogens is 250 g/mol. The van der Waals surface area contributed by atoms with E-state index < -0.39 is 0 Å². The summed E-state index contributed by atoms with van der Waals surface area (Å²) < 4.78 is 0. The van der Waals surface area contributed by atoms with Crippen LogP contribution in [-0.4, -0.2) is 54.0 Å². The summed E-state index contributed by atoms with van der Waals surface area (Å²) in [7, 11) is 0. The molecule has 0 aromatic carbocycles. The normalized spacial score (nSPS) is 29.2. The molecule has 1 rings (SSSR count). The minimum absolute atomic E-state index is 0.184.